The van der Waals surface area contributed by atoms with Crippen LogP contribution in [0.2, 0.25) is 5.02 Å². The minimum Gasteiger partial charge on any atom is -0.459 e. The predicted octanol–water partition coefficient (Wildman–Crippen LogP) is 3.40. The average Bonchev–Trinajstić information content (AvgIpc) is 3.15. The van der Waals surface area contributed by atoms with Crippen molar-refractivity contribution in [2.45, 2.75) is 6.18 Å². The third-order valence-electron chi connectivity index (χ3n) is 4.10. The van der Waals surface area contributed by atoms with Crippen LogP contribution >= 0.6 is 11.6 Å². The molecule has 0 aliphatic carbocycles. The standard InChI is InChI=1S/C17H15ClF3N3O3/c18-12-10-11(22-16(26)17(19,20)21)3-4-13(12)23-5-7-24(8-6-23)15(25)14-2-1-9-27-14/h1-4,9-10H,5-8H2,(H,22,26). The lowest BCUT2D eigenvalue weighted by molar-refractivity contribution is -0.167. The molecule has 0 saturated carbocycles. The average molecular weight is 402 g/mol. The van der Waals surface area contributed by atoms with E-state index in [0.29, 0.717) is 31.9 Å². The monoisotopic (exact) mass is 401 g/mol. The van der Waals surface area contributed by atoms with Crippen LogP contribution in [0.3, 0.4) is 0 Å². The van der Waals surface area contributed by atoms with Gasteiger partial charge in [-0.05, 0) is 30.3 Å². The molecule has 3 rings (SSSR count). The third kappa shape index (κ3) is 4.36. The van der Waals surface area contributed by atoms with Crippen LogP contribution < -0.4 is 10.2 Å². The fourth-order valence-electron chi connectivity index (χ4n) is 2.75. The Kier molecular flexibility index (Phi) is 5.31. The Balaban J connectivity index is 1.63. The maximum absolute atomic E-state index is 12.3. The molecule has 144 valence electrons. The number of hydrogen-bond donors (Lipinski definition) is 1. The Morgan fingerprint density at radius 3 is 2.37 bits per heavy atom. The number of piperazine rings is 1. The highest BCUT2D eigenvalue weighted by atomic mass is 35.5. The number of carbonyl (C=O) groups is 2. The number of nitrogens with zero attached hydrogens (tertiary/aromatic N) is 2. The van der Waals surface area contributed by atoms with Gasteiger partial charge in [0.25, 0.3) is 5.91 Å². The van der Waals surface area contributed by atoms with Crippen molar-refractivity contribution in [1.29, 1.82) is 0 Å². The Labute approximate surface area is 157 Å². The highest BCUT2D eigenvalue weighted by molar-refractivity contribution is 6.33. The summed E-state index contributed by atoms with van der Waals surface area (Å²) >= 11 is 6.17. The van der Waals surface area contributed by atoms with E-state index in [-0.39, 0.29) is 22.4 Å². The maximum atomic E-state index is 12.3. The number of nitrogens with one attached hydrogen (secondary N) is 1. The molecule has 1 N–H and O–H groups in total. The van der Waals surface area contributed by atoms with Crippen molar-refractivity contribution in [2.75, 3.05) is 36.4 Å². The van der Waals surface area contributed by atoms with E-state index in [0.717, 1.165) is 0 Å². The van der Waals surface area contributed by atoms with Crippen LogP contribution in [-0.4, -0.2) is 49.1 Å². The van der Waals surface area contributed by atoms with E-state index < -0.39 is 12.1 Å². The molecule has 2 heterocycles. The van der Waals surface area contributed by atoms with Crippen LogP contribution in [0, 0.1) is 0 Å². The van der Waals surface area contributed by atoms with E-state index in [1.165, 1.54) is 18.4 Å². The summed E-state index contributed by atoms with van der Waals surface area (Å²) in [6, 6.07) is 7.40. The minimum absolute atomic E-state index is 0.0438. The lowest BCUT2D eigenvalue weighted by Gasteiger charge is -2.36. The molecule has 6 nitrogen and oxygen atoms in total. The number of furan rings is 1. The second-order valence-electron chi connectivity index (χ2n) is 5.87. The lowest BCUT2D eigenvalue weighted by atomic mass is 10.2. The van der Waals surface area contributed by atoms with E-state index in [9.17, 15) is 22.8 Å². The molecular weight excluding hydrogens is 387 g/mol. The van der Waals surface area contributed by atoms with Gasteiger partial charge in [0.1, 0.15) is 0 Å². The Bertz CT molecular complexity index is 832. The van der Waals surface area contributed by atoms with Gasteiger partial charge in [0.2, 0.25) is 0 Å². The van der Waals surface area contributed by atoms with Gasteiger partial charge in [-0.2, -0.15) is 13.2 Å². The number of amides is 2. The number of hydrogen-bond acceptors (Lipinski definition) is 4. The fraction of sp³-hybridized carbons (Fsp3) is 0.294. The molecule has 0 atom stereocenters. The van der Waals surface area contributed by atoms with Gasteiger partial charge in [-0.15, -0.1) is 0 Å². The van der Waals surface area contributed by atoms with Crippen LogP contribution in [0.5, 0.6) is 0 Å². The summed E-state index contributed by atoms with van der Waals surface area (Å²) in [6.07, 6.45) is -3.54. The van der Waals surface area contributed by atoms with E-state index >= 15 is 0 Å². The molecule has 1 aromatic heterocycles. The fourth-order valence-corrected chi connectivity index (χ4v) is 3.05. The van der Waals surface area contributed by atoms with Gasteiger partial charge in [0.15, 0.2) is 5.76 Å². The number of benzene rings is 1. The van der Waals surface area contributed by atoms with Gasteiger partial charge in [-0.1, -0.05) is 11.6 Å². The largest absolute Gasteiger partial charge is 0.471 e. The van der Waals surface area contributed by atoms with Gasteiger partial charge >= 0.3 is 12.1 Å². The van der Waals surface area contributed by atoms with Crippen molar-refractivity contribution >= 4 is 34.8 Å². The smallest absolute Gasteiger partial charge is 0.459 e. The number of halogens is 4. The third-order valence-corrected chi connectivity index (χ3v) is 4.41. The zero-order valence-electron chi connectivity index (χ0n) is 13.9. The first-order valence-corrected chi connectivity index (χ1v) is 8.39. The summed E-state index contributed by atoms with van der Waals surface area (Å²) in [5.74, 6) is -1.99. The van der Waals surface area contributed by atoms with Crippen molar-refractivity contribution in [3.8, 4) is 0 Å². The minimum atomic E-state index is -4.97. The highest BCUT2D eigenvalue weighted by Crippen LogP contribution is 2.30. The van der Waals surface area contributed by atoms with Crippen molar-refractivity contribution < 1.29 is 27.2 Å². The van der Waals surface area contributed by atoms with Gasteiger partial charge in [-0.25, -0.2) is 0 Å². The molecule has 1 aliphatic rings. The molecule has 27 heavy (non-hydrogen) atoms. The topological polar surface area (TPSA) is 65.8 Å². The normalized spacial score (nSPS) is 15.0. The van der Waals surface area contributed by atoms with Crippen molar-refractivity contribution in [2.24, 2.45) is 0 Å². The second-order valence-corrected chi connectivity index (χ2v) is 6.28. The van der Waals surface area contributed by atoms with E-state index in [1.54, 1.807) is 28.4 Å². The Morgan fingerprint density at radius 2 is 1.81 bits per heavy atom. The van der Waals surface area contributed by atoms with Crippen LogP contribution in [0.1, 0.15) is 10.6 Å². The van der Waals surface area contributed by atoms with Gasteiger partial charge in [0.05, 0.1) is 17.0 Å². The zero-order chi connectivity index (χ0) is 19.6. The first-order chi connectivity index (χ1) is 12.8. The van der Waals surface area contributed by atoms with Crippen molar-refractivity contribution in [1.82, 2.24) is 4.90 Å². The lowest BCUT2D eigenvalue weighted by Crippen LogP contribution is -2.48. The van der Waals surface area contributed by atoms with Crippen molar-refractivity contribution in [3.63, 3.8) is 0 Å². The molecule has 2 amide bonds. The number of alkyl halides is 3. The summed E-state index contributed by atoms with van der Waals surface area (Å²) in [6.45, 7) is 1.89. The maximum Gasteiger partial charge on any atom is 0.471 e. The molecule has 0 radical (unpaired) electrons. The van der Waals surface area contributed by atoms with Gasteiger partial charge in [0, 0.05) is 31.9 Å². The van der Waals surface area contributed by atoms with Gasteiger partial charge in [-0.3, -0.25) is 9.59 Å². The summed E-state index contributed by atoms with van der Waals surface area (Å²) in [5, 5.41) is 1.97. The second kappa shape index (κ2) is 7.51. The predicted molar refractivity (Wildman–Crippen MR) is 93.0 cm³/mol. The summed E-state index contributed by atoms with van der Waals surface area (Å²) in [4.78, 5) is 26.8. The molecule has 2 aromatic rings. The number of carbonyl (C=O) groups excluding carboxylic acids is 2. The SMILES string of the molecule is O=C(c1ccco1)N1CCN(c2ccc(NC(=O)C(F)(F)F)cc2Cl)CC1. The molecule has 1 fully saturated rings. The quantitative estimate of drug-likeness (QED) is 0.856. The number of rotatable bonds is 3. The molecule has 1 aromatic carbocycles. The van der Waals surface area contributed by atoms with E-state index in [4.69, 9.17) is 16.0 Å². The summed E-state index contributed by atoms with van der Waals surface area (Å²) < 4.78 is 42.1. The zero-order valence-corrected chi connectivity index (χ0v) is 14.7. The molecule has 1 aliphatic heterocycles. The van der Waals surface area contributed by atoms with Crippen LogP contribution in [0.15, 0.2) is 41.0 Å². The first kappa shape index (κ1) is 19.1. The van der Waals surface area contributed by atoms with Crippen LogP contribution in [0.4, 0.5) is 24.5 Å². The highest BCUT2D eigenvalue weighted by Gasteiger charge is 2.38. The van der Waals surface area contributed by atoms with Crippen LogP contribution in [0.25, 0.3) is 0 Å². The molecule has 0 unspecified atom stereocenters. The molecule has 10 heteroatoms. The Morgan fingerprint density at radius 1 is 1.11 bits per heavy atom. The molecule has 0 bridgehead atoms. The first-order valence-electron chi connectivity index (χ1n) is 8.01. The summed E-state index contributed by atoms with van der Waals surface area (Å²) in [5.41, 5.74) is 0.574. The Hall–Kier alpha value is -2.68. The van der Waals surface area contributed by atoms with Crippen molar-refractivity contribution in [3.05, 3.63) is 47.4 Å². The molecule has 0 spiro atoms. The molecular formula is C17H15ClF3N3O3. The van der Waals surface area contributed by atoms with Crippen LogP contribution in [-0.2, 0) is 4.79 Å². The summed E-state index contributed by atoms with van der Waals surface area (Å²) in [7, 11) is 0. The van der Waals surface area contributed by atoms with E-state index in [1.807, 2.05) is 4.90 Å². The number of anilines is 2. The van der Waals surface area contributed by atoms with E-state index in [2.05, 4.69) is 0 Å². The van der Waals surface area contributed by atoms with Gasteiger partial charge < -0.3 is 19.5 Å². The molecule has 1 saturated heterocycles.